The Bertz CT molecular complexity index is 914. The van der Waals surface area contributed by atoms with Crippen LogP contribution in [0.25, 0.3) is 22.8 Å². The van der Waals surface area contributed by atoms with Gasteiger partial charge in [-0.05, 0) is 35.4 Å². The molecule has 0 fully saturated rings. The van der Waals surface area contributed by atoms with Crippen LogP contribution in [0.1, 0.15) is 11.1 Å². The van der Waals surface area contributed by atoms with Crippen molar-refractivity contribution in [3.63, 3.8) is 0 Å². The summed E-state index contributed by atoms with van der Waals surface area (Å²) in [6.45, 7) is 0. The second-order valence-electron chi connectivity index (χ2n) is 5.42. The van der Waals surface area contributed by atoms with Crippen molar-refractivity contribution in [3.05, 3.63) is 84.2 Å². The van der Waals surface area contributed by atoms with Crippen LogP contribution >= 0.6 is 0 Å². The van der Waals surface area contributed by atoms with Crippen LogP contribution in [0.4, 0.5) is 5.69 Å². The summed E-state index contributed by atoms with van der Waals surface area (Å²) in [6.07, 6.45) is 5.53. The van der Waals surface area contributed by atoms with Crippen LogP contribution in [-0.2, 0) is 4.79 Å². The highest BCUT2D eigenvalue weighted by Crippen LogP contribution is 2.33. The summed E-state index contributed by atoms with van der Waals surface area (Å²) in [4.78, 5) is 16.4. The highest BCUT2D eigenvalue weighted by molar-refractivity contribution is 6.34. The number of benzene rings is 2. The van der Waals surface area contributed by atoms with Crippen LogP contribution in [0.2, 0.25) is 0 Å². The molecule has 0 atom stereocenters. The van der Waals surface area contributed by atoms with Crippen molar-refractivity contribution in [2.45, 2.75) is 0 Å². The molecule has 1 N–H and O–H groups in total. The molecule has 23 heavy (non-hydrogen) atoms. The number of aromatic nitrogens is 1. The quantitative estimate of drug-likeness (QED) is 0.719. The summed E-state index contributed by atoms with van der Waals surface area (Å²) < 4.78 is 0. The molecule has 2 aromatic carbocycles. The van der Waals surface area contributed by atoms with Crippen molar-refractivity contribution in [2.24, 2.45) is 0 Å². The average molecular weight is 298 g/mol. The Labute approximate surface area is 134 Å². The van der Waals surface area contributed by atoms with E-state index in [1.54, 1.807) is 6.20 Å². The van der Waals surface area contributed by atoms with E-state index in [9.17, 15) is 4.79 Å². The minimum Gasteiger partial charge on any atom is -0.321 e. The number of carbonyl (C=O) groups is 1. The van der Waals surface area contributed by atoms with E-state index in [1.807, 2.05) is 66.9 Å². The third-order valence-electron chi connectivity index (χ3n) is 3.90. The first kappa shape index (κ1) is 13.5. The number of hydrogen-bond donors (Lipinski definition) is 1. The van der Waals surface area contributed by atoms with Gasteiger partial charge in [-0.2, -0.15) is 0 Å². The van der Waals surface area contributed by atoms with Gasteiger partial charge in [0.1, 0.15) is 0 Å². The van der Waals surface area contributed by atoms with Gasteiger partial charge in [0.2, 0.25) is 0 Å². The van der Waals surface area contributed by atoms with Gasteiger partial charge < -0.3 is 5.32 Å². The van der Waals surface area contributed by atoms with Gasteiger partial charge in [0, 0.05) is 34.8 Å². The molecule has 0 radical (unpaired) electrons. The lowest BCUT2D eigenvalue weighted by Gasteiger charge is -2.03. The Hall–Kier alpha value is -3.20. The number of para-hydroxylation sites is 1. The maximum atomic E-state index is 12.2. The molecule has 0 saturated carbocycles. The zero-order chi connectivity index (χ0) is 15.6. The van der Waals surface area contributed by atoms with Crippen molar-refractivity contribution < 1.29 is 4.79 Å². The summed E-state index contributed by atoms with van der Waals surface area (Å²) >= 11 is 0. The van der Waals surface area contributed by atoms with E-state index in [1.165, 1.54) is 0 Å². The van der Waals surface area contributed by atoms with Gasteiger partial charge in [0.05, 0.1) is 0 Å². The summed E-state index contributed by atoms with van der Waals surface area (Å²) in [5.41, 5.74) is 5.65. The Morgan fingerprint density at radius 2 is 1.78 bits per heavy atom. The number of carbonyl (C=O) groups excluding carboxylic acids is 1. The number of anilines is 1. The number of nitrogens with zero attached hydrogens (tertiary/aromatic N) is 1. The summed E-state index contributed by atoms with van der Waals surface area (Å²) in [5.74, 6) is -0.0574. The predicted molar refractivity (Wildman–Crippen MR) is 92.6 cm³/mol. The molecule has 1 aliphatic heterocycles. The molecule has 2 heterocycles. The third-order valence-corrected chi connectivity index (χ3v) is 3.90. The zero-order valence-corrected chi connectivity index (χ0v) is 12.4. The average Bonchev–Trinajstić information content (AvgIpc) is 2.92. The lowest BCUT2D eigenvalue weighted by molar-refractivity contribution is -0.110. The smallest absolute Gasteiger partial charge is 0.256 e. The molecule has 0 spiro atoms. The second-order valence-corrected chi connectivity index (χ2v) is 5.42. The fourth-order valence-electron chi connectivity index (χ4n) is 2.79. The van der Waals surface area contributed by atoms with E-state index < -0.39 is 0 Å². The first-order valence-corrected chi connectivity index (χ1v) is 7.44. The first-order valence-electron chi connectivity index (χ1n) is 7.44. The fourth-order valence-corrected chi connectivity index (χ4v) is 2.79. The van der Waals surface area contributed by atoms with Crippen LogP contribution in [0.5, 0.6) is 0 Å². The molecule has 3 aromatic rings. The van der Waals surface area contributed by atoms with Gasteiger partial charge in [-0.25, -0.2) is 0 Å². The van der Waals surface area contributed by atoms with Crippen LogP contribution in [-0.4, -0.2) is 10.9 Å². The highest BCUT2D eigenvalue weighted by atomic mass is 16.2. The molecule has 0 bridgehead atoms. The minimum absolute atomic E-state index is 0.0574. The van der Waals surface area contributed by atoms with Crippen molar-refractivity contribution in [2.75, 3.05) is 5.32 Å². The van der Waals surface area contributed by atoms with E-state index >= 15 is 0 Å². The number of amides is 1. The van der Waals surface area contributed by atoms with Crippen molar-refractivity contribution >= 4 is 23.2 Å². The predicted octanol–water partition coefficient (Wildman–Crippen LogP) is 4.24. The van der Waals surface area contributed by atoms with Crippen molar-refractivity contribution in [1.29, 1.82) is 0 Å². The van der Waals surface area contributed by atoms with Gasteiger partial charge in [-0.15, -0.1) is 0 Å². The van der Waals surface area contributed by atoms with Crippen LogP contribution in [0, 0.1) is 0 Å². The van der Waals surface area contributed by atoms with Crippen LogP contribution < -0.4 is 5.32 Å². The topological polar surface area (TPSA) is 42.0 Å². The fraction of sp³-hybridized carbons (Fsp3) is 0. The molecule has 0 saturated heterocycles. The molecule has 3 heteroatoms. The molecular formula is C20H14N2O. The molecule has 1 aliphatic rings. The Morgan fingerprint density at radius 3 is 2.65 bits per heavy atom. The van der Waals surface area contributed by atoms with Gasteiger partial charge in [0.15, 0.2) is 0 Å². The molecule has 1 amide bonds. The molecule has 0 unspecified atom stereocenters. The van der Waals surface area contributed by atoms with Crippen molar-refractivity contribution in [3.8, 4) is 11.1 Å². The van der Waals surface area contributed by atoms with Gasteiger partial charge in [-0.3, -0.25) is 9.78 Å². The van der Waals surface area contributed by atoms with Gasteiger partial charge >= 0.3 is 0 Å². The van der Waals surface area contributed by atoms with Crippen LogP contribution in [0.15, 0.2) is 73.1 Å². The number of pyridine rings is 1. The number of nitrogens with one attached hydrogen (secondary N) is 1. The Balaban J connectivity index is 1.76. The van der Waals surface area contributed by atoms with E-state index in [0.717, 1.165) is 27.9 Å². The molecule has 4 rings (SSSR count). The molecule has 1 aromatic heterocycles. The number of fused-ring (bicyclic) bond motifs is 1. The summed E-state index contributed by atoms with van der Waals surface area (Å²) in [5, 5.41) is 2.90. The second kappa shape index (κ2) is 5.54. The first-order chi connectivity index (χ1) is 11.3. The third kappa shape index (κ3) is 2.53. The monoisotopic (exact) mass is 298 g/mol. The molecular weight excluding hydrogens is 284 g/mol. The summed E-state index contributed by atoms with van der Waals surface area (Å²) in [6, 6.07) is 19.8. The standard InChI is InChI=1S/C20H14N2O/c23-20-18(17-8-1-2-9-19(17)22-20)12-14-5-3-6-15(11-14)16-7-4-10-21-13-16/h1-13H,(H,22,23)/b18-12+. The van der Waals surface area contributed by atoms with Crippen LogP contribution in [0.3, 0.4) is 0 Å². The number of hydrogen-bond acceptors (Lipinski definition) is 2. The maximum absolute atomic E-state index is 12.2. The van der Waals surface area contributed by atoms with E-state index in [-0.39, 0.29) is 5.91 Å². The highest BCUT2D eigenvalue weighted by Gasteiger charge is 2.23. The van der Waals surface area contributed by atoms with Gasteiger partial charge in [0.25, 0.3) is 5.91 Å². The Morgan fingerprint density at radius 1 is 0.913 bits per heavy atom. The maximum Gasteiger partial charge on any atom is 0.256 e. The minimum atomic E-state index is -0.0574. The Kier molecular flexibility index (Phi) is 3.24. The normalized spacial score (nSPS) is 14.6. The molecule has 110 valence electrons. The van der Waals surface area contributed by atoms with Gasteiger partial charge in [-0.1, -0.05) is 42.5 Å². The summed E-state index contributed by atoms with van der Waals surface area (Å²) in [7, 11) is 0. The zero-order valence-electron chi connectivity index (χ0n) is 12.4. The SMILES string of the molecule is O=C1Nc2ccccc2/C1=C\c1cccc(-c2cccnc2)c1. The lowest BCUT2D eigenvalue weighted by atomic mass is 10.0. The largest absolute Gasteiger partial charge is 0.321 e. The molecule has 3 nitrogen and oxygen atoms in total. The molecule has 0 aliphatic carbocycles. The van der Waals surface area contributed by atoms with E-state index in [2.05, 4.69) is 16.4 Å². The lowest BCUT2D eigenvalue weighted by Crippen LogP contribution is -2.03. The van der Waals surface area contributed by atoms with Crippen molar-refractivity contribution in [1.82, 2.24) is 4.98 Å². The van der Waals surface area contributed by atoms with E-state index in [4.69, 9.17) is 0 Å². The van der Waals surface area contributed by atoms with E-state index in [0.29, 0.717) is 5.57 Å². The number of rotatable bonds is 2.